The molecule has 0 bridgehead atoms. The smallest absolute Gasteiger partial charge is 0.181 e. The van der Waals surface area contributed by atoms with E-state index in [1.54, 1.807) is 0 Å². The quantitative estimate of drug-likeness (QED) is 0.774. The number of anilines is 1. The summed E-state index contributed by atoms with van der Waals surface area (Å²) in [6.07, 6.45) is 3.81. The van der Waals surface area contributed by atoms with Gasteiger partial charge in [0, 0.05) is 16.4 Å². The maximum atomic E-state index is 5.77. The topological polar surface area (TPSA) is 51.8 Å². The Balaban J connectivity index is 1.82. The van der Waals surface area contributed by atoms with Crippen molar-refractivity contribution in [2.75, 3.05) is 5.73 Å². The van der Waals surface area contributed by atoms with E-state index in [4.69, 9.17) is 5.73 Å². The number of hydrogen-bond acceptors (Lipinski definition) is 4. The lowest BCUT2D eigenvalue weighted by Gasteiger charge is -2.03. The average molecular weight is 348 g/mol. The standard InChI is InChI=1S/C15H14BrN3S/c1-9-2-4-11(18-8-9)5-3-10-6-12(16)14-13(7-10)20-15(17)19-14/h2,4,6-8H,3,5H2,1H3,(H2,17,19). The molecule has 1 aromatic carbocycles. The summed E-state index contributed by atoms with van der Waals surface area (Å²) in [6, 6.07) is 8.48. The molecule has 0 aliphatic rings. The predicted octanol–water partition coefficient (Wildman–Crippen LogP) is 4.13. The van der Waals surface area contributed by atoms with E-state index in [1.807, 2.05) is 6.20 Å². The van der Waals surface area contributed by atoms with Crippen LogP contribution >= 0.6 is 27.3 Å². The molecule has 2 N–H and O–H groups in total. The van der Waals surface area contributed by atoms with E-state index in [1.165, 1.54) is 22.5 Å². The number of pyridine rings is 1. The van der Waals surface area contributed by atoms with Gasteiger partial charge in [0.1, 0.15) is 0 Å². The zero-order chi connectivity index (χ0) is 14.1. The molecule has 2 aromatic heterocycles. The second kappa shape index (κ2) is 5.50. The summed E-state index contributed by atoms with van der Waals surface area (Å²) >= 11 is 5.09. The van der Waals surface area contributed by atoms with Crippen molar-refractivity contribution in [2.45, 2.75) is 19.8 Å². The molecule has 102 valence electrons. The number of benzene rings is 1. The number of halogens is 1. The Hall–Kier alpha value is -1.46. The Bertz CT molecular complexity index is 750. The number of thiazole rings is 1. The predicted molar refractivity (Wildman–Crippen MR) is 88.1 cm³/mol. The number of rotatable bonds is 3. The van der Waals surface area contributed by atoms with Crippen LogP contribution in [-0.2, 0) is 12.8 Å². The van der Waals surface area contributed by atoms with Crippen LogP contribution < -0.4 is 5.73 Å². The Morgan fingerprint density at radius 3 is 2.85 bits per heavy atom. The third kappa shape index (κ3) is 2.83. The van der Waals surface area contributed by atoms with Crippen LogP contribution in [0.2, 0.25) is 0 Å². The molecule has 0 radical (unpaired) electrons. The van der Waals surface area contributed by atoms with Crippen molar-refractivity contribution in [1.29, 1.82) is 0 Å². The number of aryl methyl sites for hydroxylation is 3. The van der Waals surface area contributed by atoms with Gasteiger partial charge in [-0.3, -0.25) is 4.98 Å². The first kappa shape index (κ1) is 13.5. The number of fused-ring (bicyclic) bond motifs is 1. The highest BCUT2D eigenvalue weighted by Gasteiger charge is 2.07. The maximum Gasteiger partial charge on any atom is 0.181 e. The largest absolute Gasteiger partial charge is 0.375 e. The van der Waals surface area contributed by atoms with Crippen LogP contribution in [-0.4, -0.2) is 9.97 Å². The molecule has 0 saturated heterocycles. The van der Waals surface area contributed by atoms with E-state index in [0.717, 1.165) is 33.2 Å². The molecule has 0 amide bonds. The third-order valence-electron chi connectivity index (χ3n) is 3.17. The highest BCUT2D eigenvalue weighted by Crippen LogP contribution is 2.31. The molecule has 5 heteroatoms. The van der Waals surface area contributed by atoms with Crippen LogP contribution in [0, 0.1) is 6.92 Å². The minimum absolute atomic E-state index is 0.609. The van der Waals surface area contributed by atoms with Gasteiger partial charge in [-0.15, -0.1) is 0 Å². The molecule has 3 rings (SSSR count). The summed E-state index contributed by atoms with van der Waals surface area (Å²) in [5, 5.41) is 0.609. The Morgan fingerprint density at radius 2 is 2.10 bits per heavy atom. The van der Waals surface area contributed by atoms with E-state index in [-0.39, 0.29) is 0 Å². The summed E-state index contributed by atoms with van der Waals surface area (Å²) < 4.78 is 2.14. The second-order valence-corrected chi connectivity index (χ2v) is 6.72. The molecular formula is C15H14BrN3S. The van der Waals surface area contributed by atoms with Gasteiger partial charge >= 0.3 is 0 Å². The molecule has 0 unspecified atom stereocenters. The van der Waals surface area contributed by atoms with Gasteiger partial charge < -0.3 is 5.73 Å². The van der Waals surface area contributed by atoms with Gasteiger partial charge in [-0.25, -0.2) is 4.98 Å². The van der Waals surface area contributed by atoms with E-state index in [2.05, 4.69) is 57.1 Å². The molecule has 0 fully saturated rings. The van der Waals surface area contributed by atoms with Gasteiger partial charge in [0.05, 0.1) is 10.2 Å². The van der Waals surface area contributed by atoms with Gasteiger partial charge in [0.25, 0.3) is 0 Å². The molecule has 3 nitrogen and oxygen atoms in total. The molecule has 0 aliphatic heterocycles. The van der Waals surface area contributed by atoms with Crippen molar-refractivity contribution >= 4 is 42.6 Å². The molecule has 0 atom stereocenters. The summed E-state index contributed by atoms with van der Waals surface area (Å²) in [5.41, 5.74) is 10.3. The van der Waals surface area contributed by atoms with E-state index in [0.29, 0.717) is 5.13 Å². The van der Waals surface area contributed by atoms with E-state index in [9.17, 15) is 0 Å². The summed E-state index contributed by atoms with van der Waals surface area (Å²) in [4.78, 5) is 8.76. The Kier molecular flexibility index (Phi) is 3.72. The number of hydrogen-bond donors (Lipinski definition) is 1. The molecule has 0 spiro atoms. The first-order valence-electron chi connectivity index (χ1n) is 6.38. The number of nitrogens with zero attached hydrogens (tertiary/aromatic N) is 2. The molecule has 3 aromatic rings. The summed E-state index contributed by atoms with van der Waals surface area (Å²) in [7, 11) is 0. The average Bonchev–Trinajstić information content (AvgIpc) is 2.79. The molecule has 20 heavy (non-hydrogen) atoms. The van der Waals surface area contributed by atoms with Crippen molar-refractivity contribution in [3.8, 4) is 0 Å². The van der Waals surface area contributed by atoms with Crippen LogP contribution in [0.3, 0.4) is 0 Å². The second-order valence-electron chi connectivity index (χ2n) is 4.80. The fraction of sp³-hybridized carbons (Fsp3) is 0.200. The Labute approximate surface area is 130 Å². The highest BCUT2D eigenvalue weighted by atomic mass is 79.9. The van der Waals surface area contributed by atoms with Crippen LogP contribution in [0.25, 0.3) is 10.2 Å². The zero-order valence-corrected chi connectivity index (χ0v) is 13.5. The molecule has 0 aliphatic carbocycles. The van der Waals surface area contributed by atoms with Gasteiger partial charge in [-0.2, -0.15) is 0 Å². The molecule has 2 heterocycles. The van der Waals surface area contributed by atoms with Crippen molar-refractivity contribution < 1.29 is 0 Å². The van der Waals surface area contributed by atoms with Gasteiger partial charge in [-0.05, 0) is 65.0 Å². The fourth-order valence-electron chi connectivity index (χ4n) is 2.12. The third-order valence-corrected chi connectivity index (χ3v) is 4.60. The highest BCUT2D eigenvalue weighted by molar-refractivity contribution is 9.10. The van der Waals surface area contributed by atoms with Crippen LogP contribution in [0.15, 0.2) is 34.9 Å². The monoisotopic (exact) mass is 347 g/mol. The first-order chi connectivity index (χ1) is 9.61. The summed E-state index contributed by atoms with van der Waals surface area (Å²) in [6.45, 7) is 2.05. The summed E-state index contributed by atoms with van der Waals surface area (Å²) in [5.74, 6) is 0. The van der Waals surface area contributed by atoms with Crippen molar-refractivity contribution in [3.05, 3.63) is 51.8 Å². The lowest BCUT2D eigenvalue weighted by molar-refractivity contribution is 0.912. The maximum absolute atomic E-state index is 5.77. The van der Waals surface area contributed by atoms with Gasteiger partial charge in [0.15, 0.2) is 5.13 Å². The minimum atomic E-state index is 0.609. The van der Waals surface area contributed by atoms with Gasteiger partial charge in [0.2, 0.25) is 0 Å². The Morgan fingerprint density at radius 1 is 1.25 bits per heavy atom. The SMILES string of the molecule is Cc1ccc(CCc2cc(Br)c3nc(N)sc3c2)nc1. The van der Waals surface area contributed by atoms with E-state index < -0.39 is 0 Å². The van der Waals surface area contributed by atoms with E-state index >= 15 is 0 Å². The van der Waals surface area contributed by atoms with Crippen molar-refractivity contribution in [3.63, 3.8) is 0 Å². The lowest BCUT2D eigenvalue weighted by Crippen LogP contribution is -1.94. The molecule has 0 saturated carbocycles. The van der Waals surface area contributed by atoms with Crippen LogP contribution in [0.5, 0.6) is 0 Å². The molecular weight excluding hydrogens is 334 g/mol. The zero-order valence-electron chi connectivity index (χ0n) is 11.1. The number of nitrogen functional groups attached to an aromatic ring is 1. The fourth-order valence-corrected chi connectivity index (χ4v) is 3.67. The normalized spacial score (nSPS) is 11.1. The van der Waals surface area contributed by atoms with Gasteiger partial charge in [-0.1, -0.05) is 17.4 Å². The number of aromatic nitrogens is 2. The van der Waals surface area contributed by atoms with Crippen molar-refractivity contribution in [2.24, 2.45) is 0 Å². The van der Waals surface area contributed by atoms with Crippen molar-refractivity contribution in [1.82, 2.24) is 9.97 Å². The minimum Gasteiger partial charge on any atom is -0.375 e. The van der Waals surface area contributed by atoms with Crippen LogP contribution in [0.4, 0.5) is 5.13 Å². The first-order valence-corrected chi connectivity index (χ1v) is 7.99. The van der Waals surface area contributed by atoms with Crippen LogP contribution in [0.1, 0.15) is 16.8 Å². The number of nitrogens with two attached hydrogens (primary N) is 1. The lowest BCUT2D eigenvalue weighted by atomic mass is 10.1.